The van der Waals surface area contributed by atoms with Crippen molar-refractivity contribution in [2.24, 2.45) is 0 Å². The second-order valence-corrected chi connectivity index (χ2v) is 7.55. The van der Waals surface area contributed by atoms with Crippen molar-refractivity contribution < 1.29 is 9.50 Å². The fourth-order valence-electron chi connectivity index (χ4n) is 3.21. The van der Waals surface area contributed by atoms with Crippen LogP contribution in [0.1, 0.15) is 41.8 Å². The van der Waals surface area contributed by atoms with Crippen molar-refractivity contribution in [3.05, 3.63) is 51.5 Å². The molecule has 1 aliphatic heterocycles. The second kappa shape index (κ2) is 7.64. The van der Waals surface area contributed by atoms with Gasteiger partial charge < -0.3 is 15.3 Å². The fraction of sp³-hybridized carbons (Fsp3) is 0.474. The number of nitrogens with one attached hydrogen (secondary N) is 1. The molecule has 0 bridgehead atoms. The number of halogens is 1. The molecule has 1 atom stereocenters. The lowest BCUT2D eigenvalue weighted by atomic mass is 10.0. The van der Waals surface area contributed by atoms with E-state index >= 15 is 0 Å². The quantitative estimate of drug-likeness (QED) is 0.857. The molecule has 2 heterocycles. The highest BCUT2D eigenvalue weighted by atomic mass is 32.1. The summed E-state index contributed by atoms with van der Waals surface area (Å²) >= 11 is 1.75. The van der Waals surface area contributed by atoms with Crippen LogP contribution in [0.15, 0.2) is 29.6 Å². The fourth-order valence-corrected chi connectivity index (χ4v) is 4.06. The van der Waals surface area contributed by atoms with Crippen LogP contribution in [0.3, 0.4) is 0 Å². The number of anilines is 1. The highest BCUT2D eigenvalue weighted by molar-refractivity contribution is 7.10. The van der Waals surface area contributed by atoms with Gasteiger partial charge in [0.15, 0.2) is 0 Å². The Morgan fingerprint density at radius 2 is 2.08 bits per heavy atom. The number of piperidine rings is 1. The lowest BCUT2D eigenvalue weighted by Crippen LogP contribution is -2.37. The Bertz CT molecular complexity index is 680. The predicted octanol–water partition coefficient (Wildman–Crippen LogP) is 4.01. The molecule has 1 saturated heterocycles. The van der Waals surface area contributed by atoms with E-state index in [0.717, 1.165) is 43.7 Å². The van der Waals surface area contributed by atoms with Crippen molar-refractivity contribution in [3.8, 4) is 0 Å². The van der Waals surface area contributed by atoms with Crippen molar-refractivity contribution >= 4 is 17.0 Å². The molecule has 24 heavy (non-hydrogen) atoms. The topological polar surface area (TPSA) is 35.5 Å². The van der Waals surface area contributed by atoms with Gasteiger partial charge in [-0.05, 0) is 67.5 Å². The molecule has 1 unspecified atom stereocenters. The SMILES string of the molecule is Cc1ccsc1CNC(C)c1cc(F)ccc1N1CCC(O)CC1. The number of thiophene rings is 1. The van der Waals surface area contributed by atoms with Gasteiger partial charge in [-0.3, -0.25) is 0 Å². The van der Waals surface area contributed by atoms with E-state index in [-0.39, 0.29) is 18.0 Å². The third kappa shape index (κ3) is 3.97. The third-order valence-corrected chi connectivity index (χ3v) is 5.82. The average Bonchev–Trinajstić information content (AvgIpc) is 2.98. The highest BCUT2D eigenvalue weighted by Crippen LogP contribution is 2.30. The van der Waals surface area contributed by atoms with E-state index in [1.165, 1.54) is 16.5 Å². The molecule has 0 saturated carbocycles. The van der Waals surface area contributed by atoms with Gasteiger partial charge in [-0.1, -0.05) is 0 Å². The zero-order chi connectivity index (χ0) is 17.1. The van der Waals surface area contributed by atoms with E-state index in [1.54, 1.807) is 17.4 Å². The summed E-state index contributed by atoms with van der Waals surface area (Å²) in [6.45, 7) is 6.62. The zero-order valence-corrected chi connectivity index (χ0v) is 15.1. The van der Waals surface area contributed by atoms with Gasteiger partial charge in [-0.25, -0.2) is 4.39 Å². The molecule has 1 fully saturated rings. The second-order valence-electron chi connectivity index (χ2n) is 6.55. The molecule has 0 amide bonds. The maximum Gasteiger partial charge on any atom is 0.123 e. The van der Waals surface area contributed by atoms with Crippen molar-refractivity contribution in [1.29, 1.82) is 0 Å². The van der Waals surface area contributed by atoms with Gasteiger partial charge in [0.25, 0.3) is 0 Å². The lowest BCUT2D eigenvalue weighted by Gasteiger charge is -2.34. The monoisotopic (exact) mass is 348 g/mol. The number of hydrogen-bond donors (Lipinski definition) is 2. The average molecular weight is 348 g/mol. The smallest absolute Gasteiger partial charge is 0.123 e. The minimum Gasteiger partial charge on any atom is -0.393 e. The molecule has 5 heteroatoms. The molecule has 1 aromatic heterocycles. The van der Waals surface area contributed by atoms with Crippen LogP contribution in [-0.2, 0) is 6.54 Å². The van der Waals surface area contributed by atoms with Gasteiger partial charge in [0, 0.05) is 36.2 Å². The standard InChI is InChI=1S/C19H25FN2OS/c1-13-7-10-24-19(13)12-21-14(2)17-11-15(20)3-4-18(17)22-8-5-16(23)6-9-22/h3-4,7,10-11,14,16,21,23H,5-6,8-9,12H2,1-2H3. The molecule has 2 N–H and O–H groups in total. The van der Waals surface area contributed by atoms with Crippen LogP contribution < -0.4 is 10.2 Å². The van der Waals surface area contributed by atoms with Crippen LogP contribution in [0.2, 0.25) is 0 Å². The predicted molar refractivity (Wildman–Crippen MR) is 98.2 cm³/mol. The van der Waals surface area contributed by atoms with Crippen molar-refractivity contribution in [1.82, 2.24) is 5.32 Å². The van der Waals surface area contributed by atoms with E-state index in [4.69, 9.17) is 0 Å². The summed E-state index contributed by atoms with van der Waals surface area (Å²) in [5, 5.41) is 15.3. The Labute approximate surface area is 147 Å². The van der Waals surface area contributed by atoms with Crippen molar-refractivity contribution in [2.45, 2.75) is 45.4 Å². The molecule has 0 aliphatic carbocycles. The molecule has 2 aromatic rings. The van der Waals surface area contributed by atoms with Crippen LogP contribution in [0.4, 0.5) is 10.1 Å². The number of aliphatic hydroxyl groups is 1. The Kier molecular flexibility index (Phi) is 5.54. The molecule has 1 aliphatic rings. The van der Waals surface area contributed by atoms with E-state index in [1.807, 2.05) is 6.07 Å². The molecular formula is C19H25FN2OS. The van der Waals surface area contributed by atoms with Gasteiger partial charge >= 0.3 is 0 Å². The van der Waals surface area contributed by atoms with Gasteiger partial charge in [0.2, 0.25) is 0 Å². The summed E-state index contributed by atoms with van der Waals surface area (Å²) in [6, 6.07) is 7.22. The van der Waals surface area contributed by atoms with Crippen molar-refractivity contribution in [3.63, 3.8) is 0 Å². The Morgan fingerprint density at radius 1 is 1.33 bits per heavy atom. The van der Waals surface area contributed by atoms with Crippen LogP contribution in [0.25, 0.3) is 0 Å². The van der Waals surface area contributed by atoms with Crippen molar-refractivity contribution in [2.75, 3.05) is 18.0 Å². The van der Waals surface area contributed by atoms with Gasteiger partial charge in [0.1, 0.15) is 5.82 Å². The summed E-state index contributed by atoms with van der Waals surface area (Å²) in [5.41, 5.74) is 3.36. The lowest BCUT2D eigenvalue weighted by molar-refractivity contribution is 0.145. The number of benzene rings is 1. The van der Waals surface area contributed by atoms with Gasteiger partial charge in [0.05, 0.1) is 6.10 Å². The Hall–Kier alpha value is -1.43. The summed E-state index contributed by atoms with van der Waals surface area (Å²) in [4.78, 5) is 3.58. The van der Waals surface area contributed by atoms with Gasteiger partial charge in [-0.2, -0.15) is 0 Å². The number of aryl methyl sites for hydroxylation is 1. The number of rotatable bonds is 5. The van der Waals surface area contributed by atoms with Crippen LogP contribution in [0, 0.1) is 12.7 Å². The Morgan fingerprint density at radius 3 is 2.75 bits per heavy atom. The first kappa shape index (κ1) is 17.4. The normalized spacial score (nSPS) is 17.2. The number of nitrogens with zero attached hydrogens (tertiary/aromatic N) is 1. The molecule has 0 radical (unpaired) electrons. The highest BCUT2D eigenvalue weighted by Gasteiger charge is 2.21. The first-order valence-electron chi connectivity index (χ1n) is 8.53. The molecule has 130 valence electrons. The van der Waals surface area contributed by atoms with E-state index in [9.17, 15) is 9.50 Å². The largest absolute Gasteiger partial charge is 0.393 e. The van der Waals surface area contributed by atoms with Crippen LogP contribution >= 0.6 is 11.3 Å². The van der Waals surface area contributed by atoms with Crippen LogP contribution in [0.5, 0.6) is 0 Å². The molecule has 1 aromatic carbocycles. The number of aliphatic hydroxyl groups excluding tert-OH is 1. The van der Waals surface area contributed by atoms with E-state index in [2.05, 4.69) is 35.5 Å². The molecule has 3 rings (SSSR count). The molecule has 0 spiro atoms. The zero-order valence-electron chi connectivity index (χ0n) is 14.3. The van der Waals surface area contributed by atoms with Gasteiger partial charge in [-0.15, -0.1) is 11.3 Å². The summed E-state index contributed by atoms with van der Waals surface area (Å²) in [6.07, 6.45) is 1.34. The third-order valence-electron chi connectivity index (χ3n) is 4.80. The molecule has 3 nitrogen and oxygen atoms in total. The first-order valence-corrected chi connectivity index (χ1v) is 9.41. The van der Waals surface area contributed by atoms with E-state index < -0.39 is 0 Å². The molecular weight excluding hydrogens is 323 g/mol. The van der Waals surface area contributed by atoms with Crippen LogP contribution in [-0.4, -0.2) is 24.3 Å². The maximum atomic E-state index is 13.8. The summed E-state index contributed by atoms with van der Waals surface area (Å²) in [7, 11) is 0. The summed E-state index contributed by atoms with van der Waals surface area (Å²) in [5.74, 6) is -0.202. The number of hydrogen-bond acceptors (Lipinski definition) is 4. The minimum absolute atomic E-state index is 0.0593. The summed E-state index contributed by atoms with van der Waals surface area (Å²) < 4.78 is 13.8. The first-order chi connectivity index (χ1) is 11.5. The van der Waals surface area contributed by atoms with E-state index in [0.29, 0.717) is 0 Å². The minimum atomic E-state index is -0.206. The maximum absolute atomic E-state index is 13.8. The Balaban J connectivity index is 1.75.